The smallest absolute Gasteiger partial charge is 0.276 e. The number of hydrogen-bond acceptors (Lipinski definition) is 6. The lowest BCUT2D eigenvalue weighted by Crippen LogP contribution is -2.23. The Morgan fingerprint density at radius 3 is 2.69 bits per heavy atom. The van der Waals surface area contributed by atoms with Crippen molar-refractivity contribution in [3.63, 3.8) is 0 Å². The molecular weight excluding hydrogens is 442 g/mol. The minimum absolute atomic E-state index is 0.0668. The Kier molecular flexibility index (Phi) is 6.25. The van der Waals surface area contributed by atoms with Crippen LogP contribution in [0.3, 0.4) is 0 Å². The van der Waals surface area contributed by atoms with Gasteiger partial charge in [0.2, 0.25) is 5.91 Å². The summed E-state index contributed by atoms with van der Waals surface area (Å²) in [7, 11) is 0. The van der Waals surface area contributed by atoms with Gasteiger partial charge in [-0.25, -0.2) is 4.98 Å². The molecule has 0 saturated carbocycles. The predicted octanol–water partition coefficient (Wildman–Crippen LogP) is 5.00. The van der Waals surface area contributed by atoms with Crippen LogP contribution < -0.4 is 10.9 Å². The average Bonchev–Trinajstić information content (AvgIpc) is 3.22. The number of aromatic nitrogens is 2. The lowest BCUT2D eigenvalue weighted by atomic mass is 10.1. The number of aryl methyl sites for hydroxylation is 2. The minimum atomic E-state index is -0.248. The number of fused-ring (bicyclic) bond motifs is 1. The van der Waals surface area contributed by atoms with Crippen molar-refractivity contribution in [2.75, 3.05) is 11.1 Å². The van der Waals surface area contributed by atoms with E-state index in [2.05, 4.69) is 10.3 Å². The van der Waals surface area contributed by atoms with Gasteiger partial charge in [-0.05, 0) is 56.0 Å². The number of thiophene rings is 1. The van der Waals surface area contributed by atoms with Gasteiger partial charge in [0.25, 0.3) is 5.56 Å². The zero-order chi connectivity index (χ0) is 22.8. The Morgan fingerprint density at radius 1 is 1.12 bits per heavy atom. The van der Waals surface area contributed by atoms with Crippen LogP contribution >= 0.6 is 23.1 Å². The SMILES string of the molecule is CC(=O)c1cccc(NC(=O)CSc2nc3ccsc3c(=O)n2-c2ccc(C)cc2C)c1. The number of benzene rings is 2. The Hall–Kier alpha value is -3.23. The first-order valence-electron chi connectivity index (χ1n) is 9.95. The molecule has 0 radical (unpaired) electrons. The minimum Gasteiger partial charge on any atom is -0.325 e. The Balaban J connectivity index is 1.64. The van der Waals surface area contributed by atoms with Crippen molar-refractivity contribution in [3.05, 3.63) is 81.0 Å². The maximum Gasteiger partial charge on any atom is 0.276 e. The van der Waals surface area contributed by atoms with Gasteiger partial charge >= 0.3 is 0 Å². The van der Waals surface area contributed by atoms with Gasteiger partial charge < -0.3 is 5.32 Å². The van der Waals surface area contributed by atoms with E-state index in [4.69, 9.17) is 0 Å². The van der Waals surface area contributed by atoms with Gasteiger partial charge in [0.15, 0.2) is 10.9 Å². The molecule has 0 aliphatic carbocycles. The van der Waals surface area contributed by atoms with Gasteiger partial charge in [0, 0.05) is 11.3 Å². The van der Waals surface area contributed by atoms with Gasteiger partial charge in [-0.15, -0.1) is 11.3 Å². The Bertz CT molecular complexity index is 1410. The normalized spacial score (nSPS) is 11.0. The molecule has 8 heteroatoms. The van der Waals surface area contributed by atoms with Crippen LogP contribution in [0.25, 0.3) is 15.9 Å². The molecule has 6 nitrogen and oxygen atoms in total. The summed E-state index contributed by atoms with van der Waals surface area (Å²) in [6.45, 7) is 5.44. The molecule has 0 atom stereocenters. The van der Waals surface area contributed by atoms with E-state index in [0.717, 1.165) is 16.8 Å². The molecule has 0 fully saturated rings. The van der Waals surface area contributed by atoms with E-state index in [-0.39, 0.29) is 23.0 Å². The van der Waals surface area contributed by atoms with Gasteiger partial charge in [0.05, 0.1) is 17.0 Å². The van der Waals surface area contributed by atoms with Crippen LogP contribution in [0.4, 0.5) is 5.69 Å². The predicted molar refractivity (Wildman–Crippen MR) is 130 cm³/mol. The summed E-state index contributed by atoms with van der Waals surface area (Å²) in [5.74, 6) is -0.249. The fourth-order valence-corrected chi connectivity index (χ4v) is 4.97. The largest absolute Gasteiger partial charge is 0.325 e. The van der Waals surface area contributed by atoms with Crippen molar-refractivity contribution in [1.29, 1.82) is 0 Å². The first kappa shape index (κ1) is 22.0. The second kappa shape index (κ2) is 9.10. The molecule has 0 aliphatic rings. The van der Waals surface area contributed by atoms with Crippen LogP contribution in [0.5, 0.6) is 0 Å². The van der Waals surface area contributed by atoms with Crippen LogP contribution in [-0.4, -0.2) is 27.0 Å². The van der Waals surface area contributed by atoms with Crippen molar-refractivity contribution in [2.24, 2.45) is 0 Å². The van der Waals surface area contributed by atoms with Crippen LogP contribution in [0.2, 0.25) is 0 Å². The molecule has 1 amide bonds. The van der Waals surface area contributed by atoms with E-state index in [9.17, 15) is 14.4 Å². The number of nitrogens with zero attached hydrogens (tertiary/aromatic N) is 2. The maximum absolute atomic E-state index is 13.3. The van der Waals surface area contributed by atoms with E-state index in [1.807, 2.05) is 43.5 Å². The Morgan fingerprint density at radius 2 is 1.94 bits per heavy atom. The van der Waals surface area contributed by atoms with Gasteiger partial charge in [0.1, 0.15) is 4.70 Å². The highest BCUT2D eigenvalue weighted by molar-refractivity contribution is 7.99. The number of rotatable bonds is 6. The first-order chi connectivity index (χ1) is 15.3. The summed E-state index contributed by atoms with van der Waals surface area (Å²) in [5.41, 5.74) is 4.37. The highest BCUT2D eigenvalue weighted by atomic mass is 32.2. The second-order valence-electron chi connectivity index (χ2n) is 7.43. The van der Waals surface area contributed by atoms with Crippen molar-refractivity contribution in [1.82, 2.24) is 9.55 Å². The number of carbonyl (C=O) groups excluding carboxylic acids is 2. The molecule has 0 bridgehead atoms. The number of carbonyl (C=O) groups is 2. The molecule has 0 saturated heterocycles. The number of hydrogen-bond donors (Lipinski definition) is 1. The molecule has 0 unspecified atom stereocenters. The fourth-order valence-electron chi connectivity index (χ4n) is 3.40. The topological polar surface area (TPSA) is 81.1 Å². The van der Waals surface area contributed by atoms with Crippen molar-refractivity contribution in [3.8, 4) is 5.69 Å². The molecule has 0 aliphatic heterocycles. The molecule has 2 heterocycles. The van der Waals surface area contributed by atoms with Crippen molar-refractivity contribution in [2.45, 2.75) is 25.9 Å². The van der Waals surface area contributed by atoms with E-state index in [0.29, 0.717) is 26.6 Å². The number of Topliss-reactive ketones (excluding diaryl/α,β-unsaturated/α-hetero) is 1. The molecule has 4 aromatic rings. The number of nitrogens with one attached hydrogen (secondary N) is 1. The van der Waals surface area contributed by atoms with Crippen LogP contribution in [0, 0.1) is 13.8 Å². The zero-order valence-corrected chi connectivity index (χ0v) is 19.5. The lowest BCUT2D eigenvalue weighted by molar-refractivity contribution is -0.113. The third-order valence-electron chi connectivity index (χ3n) is 4.93. The molecular formula is C24H21N3O3S2. The standard InChI is InChI=1S/C24H21N3O3S2/c1-14-7-8-20(15(2)11-14)27-23(30)22-19(9-10-31-22)26-24(27)32-13-21(29)25-18-6-4-5-17(12-18)16(3)28/h4-12H,13H2,1-3H3,(H,25,29). The summed E-state index contributed by atoms with van der Waals surface area (Å²) in [4.78, 5) is 42.1. The summed E-state index contributed by atoms with van der Waals surface area (Å²) >= 11 is 2.56. The lowest BCUT2D eigenvalue weighted by Gasteiger charge is -2.14. The number of amides is 1. The highest BCUT2D eigenvalue weighted by Gasteiger charge is 2.17. The highest BCUT2D eigenvalue weighted by Crippen LogP contribution is 2.25. The van der Waals surface area contributed by atoms with E-state index in [1.165, 1.54) is 30.0 Å². The summed E-state index contributed by atoms with van der Waals surface area (Å²) < 4.78 is 2.17. The molecule has 4 rings (SSSR count). The molecule has 1 N–H and O–H groups in total. The van der Waals surface area contributed by atoms with Crippen LogP contribution in [0.1, 0.15) is 28.4 Å². The number of thioether (sulfide) groups is 1. The van der Waals surface area contributed by atoms with E-state index in [1.54, 1.807) is 28.8 Å². The van der Waals surface area contributed by atoms with E-state index < -0.39 is 0 Å². The Labute approximate surface area is 193 Å². The van der Waals surface area contributed by atoms with Crippen molar-refractivity contribution < 1.29 is 9.59 Å². The molecule has 0 spiro atoms. The average molecular weight is 464 g/mol. The first-order valence-corrected chi connectivity index (χ1v) is 11.8. The molecule has 2 aromatic carbocycles. The quantitative estimate of drug-likeness (QED) is 0.247. The summed E-state index contributed by atoms with van der Waals surface area (Å²) in [6.07, 6.45) is 0. The summed E-state index contributed by atoms with van der Waals surface area (Å²) in [5, 5.41) is 5.11. The van der Waals surface area contributed by atoms with Gasteiger partial charge in [-0.3, -0.25) is 19.0 Å². The molecule has 32 heavy (non-hydrogen) atoms. The monoisotopic (exact) mass is 463 g/mol. The van der Waals surface area contributed by atoms with Crippen LogP contribution in [-0.2, 0) is 4.79 Å². The van der Waals surface area contributed by atoms with Gasteiger partial charge in [-0.2, -0.15) is 0 Å². The fraction of sp³-hybridized carbons (Fsp3) is 0.167. The zero-order valence-electron chi connectivity index (χ0n) is 17.8. The number of ketones is 1. The third-order valence-corrected chi connectivity index (χ3v) is 6.76. The third kappa shape index (κ3) is 4.51. The number of anilines is 1. The van der Waals surface area contributed by atoms with E-state index >= 15 is 0 Å². The second-order valence-corrected chi connectivity index (χ2v) is 9.29. The van der Waals surface area contributed by atoms with Crippen molar-refractivity contribution >= 4 is 50.7 Å². The molecule has 2 aromatic heterocycles. The van der Waals surface area contributed by atoms with Crippen LogP contribution in [0.15, 0.2) is 63.9 Å². The summed E-state index contributed by atoms with van der Waals surface area (Å²) in [6, 6.07) is 14.5. The molecule has 162 valence electrons. The maximum atomic E-state index is 13.3. The van der Waals surface area contributed by atoms with Gasteiger partial charge in [-0.1, -0.05) is 41.6 Å².